The van der Waals surface area contributed by atoms with Crippen LogP contribution in [-0.2, 0) is 14.9 Å². The second-order valence-corrected chi connectivity index (χ2v) is 15.9. The third kappa shape index (κ3) is 9.05. The molecular weight excluding hydrogens is 607 g/mol. The molecule has 3 rings (SSSR count). The third-order valence-corrected chi connectivity index (χ3v) is 12.0. The molecule has 1 aliphatic heterocycles. The minimum atomic E-state index is -0.732. The molecule has 1 saturated heterocycles. The maximum absolute atomic E-state index is 10.2. The van der Waals surface area contributed by atoms with Crippen LogP contribution in [0.25, 0.3) is 0 Å². The van der Waals surface area contributed by atoms with Gasteiger partial charge in [-0.15, -0.1) is 0 Å². The number of hydrogen-bond acceptors (Lipinski definition) is 6. The van der Waals surface area contributed by atoms with E-state index in [0.29, 0.717) is 32.3 Å². The summed E-state index contributed by atoms with van der Waals surface area (Å²) in [5.41, 5.74) is 1.51. The van der Waals surface area contributed by atoms with Crippen molar-refractivity contribution in [2.75, 3.05) is 30.9 Å². The molecule has 0 amide bonds. The molecule has 0 bridgehead atoms. The maximum atomic E-state index is 10.2. The van der Waals surface area contributed by atoms with Gasteiger partial charge in [-0.3, -0.25) is 0 Å². The van der Waals surface area contributed by atoms with E-state index in [9.17, 15) is 10.2 Å². The van der Waals surface area contributed by atoms with Crippen LogP contribution in [0.2, 0.25) is 0 Å². The number of hydrogen-bond donors (Lipinski definition) is 2. The van der Waals surface area contributed by atoms with Crippen molar-refractivity contribution >= 4 is 0 Å². The Labute approximate surface area is 245 Å². The van der Waals surface area contributed by atoms with Gasteiger partial charge in [0.1, 0.15) is 12.4 Å². The Hall–Kier alpha value is -1.39. The van der Waals surface area contributed by atoms with Crippen molar-refractivity contribution in [3.8, 4) is 11.5 Å². The molecule has 6 nitrogen and oxygen atoms in total. The van der Waals surface area contributed by atoms with Crippen LogP contribution in [0.5, 0.6) is 11.5 Å². The van der Waals surface area contributed by atoms with Crippen LogP contribution in [0.15, 0.2) is 48.5 Å². The number of alkyl halides is 2. The molecule has 0 aromatic heterocycles. The summed E-state index contributed by atoms with van der Waals surface area (Å²) < 4.78 is 25.0. The molecule has 7 heteroatoms. The summed E-state index contributed by atoms with van der Waals surface area (Å²) >= 11 is -0.0185. The van der Waals surface area contributed by atoms with Crippen molar-refractivity contribution in [3.63, 3.8) is 0 Å². The van der Waals surface area contributed by atoms with Gasteiger partial charge in [0.15, 0.2) is 0 Å². The molecule has 1 fully saturated rings. The van der Waals surface area contributed by atoms with E-state index in [1.54, 1.807) is 6.92 Å². The van der Waals surface area contributed by atoms with E-state index in [-0.39, 0.29) is 42.2 Å². The van der Waals surface area contributed by atoms with E-state index in [2.05, 4.69) is 57.2 Å². The predicted octanol–water partition coefficient (Wildman–Crippen LogP) is 2.41. The molecule has 5 unspecified atom stereocenters. The summed E-state index contributed by atoms with van der Waals surface area (Å²) in [7, 11) is 0. The fraction of sp³-hybridized carbons (Fsp3) is 0.625. The second kappa shape index (κ2) is 13.5. The van der Waals surface area contributed by atoms with Gasteiger partial charge in [0.25, 0.3) is 0 Å². The predicted molar refractivity (Wildman–Crippen MR) is 151 cm³/mol. The number of ether oxygens (including phenoxy) is 4. The van der Waals surface area contributed by atoms with Crippen molar-refractivity contribution in [2.45, 2.75) is 82.2 Å². The van der Waals surface area contributed by atoms with Crippen LogP contribution in [0.4, 0.5) is 0 Å². The standard InChI is InChI=1S/C32H48IO6/c1-22(31(6,7)35)18-39-32(8)27(17-33-32)21-38-29-15-11-26(12-16-29)30(4,5)25-9-13-28(14-10-25)37-20-24(3)36-19-23(2)34/h9-16,22-24,27,34-35H,17-21H2,1-8H3/q-1. The van der Waals surface area contributed by atoms with Crippen LogP contribution >= 0.6 is 0 Å². The number of halogens is 1. The molecule has 2 aromatic carbocycles. The molecular formula is C32H48IO6-. The molecule has 0 saturated carbocycles. The zero-order chi connectivity index (χ0) is 28.8. The summed E-state index contributed by atoms with van der Waals surface area (Å²) in [5.74, 6) is 2.16. The molecule has 1 aliphatic rings. The molecule has 220 valence electrons. The molecule has 0 aliphatic carbocycles. The van der Waals surface area contributed by atoms with Gasteiger partial charge in [0.2, 0.25) is 0 Å². The molecule has 0 radical (unpaired) electrons. The Bertz CT molecular complexity index is 1010. The van der Waals surface area contributed by atoms with Crippen molar-refractivity contribution in [3.05, 3.63) is 59.7 Å². The molecule has 2 aromatic rings. The van der Waals surface area contributed by atoms with Crippen molar-refractivity contribution in [2.24, 2.45) is 11.8 Å². The topological polar surface area (TPSA) is 77.4 Å². The number of rotatable bonds is 15. The van der Waals surface area contributed by atoms with Crippen molar-refractivity contribution in [1.29, 1.82) is 0 Å². The zero-order valence-corrected chi connectivity index (χ0v) is 27.0. The Balaban J connectivity index is 1.51. The first-order valence-corrected chi connectivity index (χ1v) is 16.5. The van der Waals surface area contributed by atoms with Crippen LogP contribution < -0.4 is 30.7 Å². The zero-order valence-electron chi connectivity index (χ0n) is 24.9. The van der Waals surface area contributed by atoms with E-state index in [1.165, 1.54) is 15.6 Å². The second-order valence-electron chi connectivity index (χ2n) is 12.1. The first kappa shape index (κ1) is 32.1. The first-order chi connectivity index (χ1) is 18.2. The van der Waals surface area contributed by atoms with E-state index < -0.39 is 11.7 Å². The Kier molecular flexibility index (Phi) is 11.1. The van der Waals surface area contributed by atoms with E-state index >= 15 is 0 Å². The monoisotopic (exact) mass is 655 g/mol. The van der Waals surface area contributed by atoms with Gasteiger partial charge in [-0.2, -0.15) is 0 Å². The Morgan fingerprint density at radius 1 is 0.872 bits per heavy atom. The average molecular weight is 656 g/mol. The van der Waals surface area contributed by atoms with Gasteiger partial charge in [0.05, 0.1) is 18.8 Å². The van der Waals surface area contributed by atoms with Crippen LogP contribution in [-0.4, -0.2) is 62.5 Å². The first-order valence-electron chi connectivity index (χ1n) is 13.9. The molecule has 0 spiro atoms. The Morgan fingerprint density at radius 3 is 1.87 bits per heavy atom. The van der Waals surface area contributed by atoms with E-state index in [0.717, 1.165) is 11.5 Å². The van der Waals surface area contributed by atoms with Gasteiger partial charge in [-0.1, -0.05) is 0 Å². The number of aliphatic hydroxyl groups is 2. The molecule has 1 heterocycles. The van der Waals surface area contributed by atoms with Crippen LogP contribution in [0.3, 0.4) is 0 Å². The Morgan fingerprint density at radius 2 is 1.41 bits per heavy atom. The fourth-order valence-electron chi connectivity index (χ4n) is 4.11. The summed E-state index contributed by atoms with van der Waals surface area (Å²) in [6.45, 7) is 18.0. The van der Waals surface area contributed by atoms with Gasteiger partial charge >= 0.3 is 187 Å². The molecule has 2 N–H and O–H groups in total. The van der Waals surface area contributed by atoms with Gasteiger partial charge in [-0.05, 0) is 13.8 Å². The SMILES string of the molecule is CC(O)COC(C)COc1ccc(C(C)(C)c2ccc(OCC3C[I-]C3(C)OCC(C)C(C)(C)O)cc2)cc1. The van der Waals surface area contributed by atoms with Crippen LogP contribution in [0, 0.1) is 11.8 Å². The summed E-state index contributed by atoms with van der Waals surface area (Å²) in [6.07, 6.45) is -0.570. The average Bonchev–Trinajstić information content (AvgIpc) is 2.88. The third-order valence-electron chi connectivity index (χ3n) is 7.79. The van der Waals surface area contributed by atoms with Crippen molar-refractivity contribution < 1.29 is 50.4 Å². The number of aliphatic hydroxyl groups excluding tert-OH is 1. The summed E-state index contributed by atoms with van der Waals surface area (Å²) in [6, 6.07) is 16.6. The van der Waals surface area contributed by atoms with Gasteiger partial charge in [0, 0.05) is 0 Å². The van der Waals surface area contributed by atoms with Gasteiger partial charge in [-0.25, -0.2) is 0 Å². The summed E-state index contributed by atoms with van der Waals surface area (Å²) in [4.78, 5) is 0. The van der Waals surface area contributed by atoms with Crippen LogP contribution in [0.1, 0.15) is 66.5 Å². The fourth-order valence-corrected chi connectivity index (χ4v) is 7.25. The molecule has 5 atom stereocenters. The van der Waals surface area contributed by atoms with E-state index in [1.807, 2.05) is 39.8 Å². The van der Waals surface area contributed by atoms with Gasteiger partial charge < -0.3 is 14.6 Å². The number of benzene rings is 2. The normalized spacial score (nSPS) is 22.3. The quantitative estimate of drug-likeness (QED) is 0.227. The minimum absolute atomic E-state index is 0.0185. The molecule has 39 heavy (non-hydrogen) atoms. The van der Waals surface area contributed by atoms with Crippen molar-refractivity contribution in [1.82, 2.24) is 0 Å². The van der Waals surface area contributed by atoms with E-state index in [4.69, 9.17) is 18.9 Å². The summed E-state index contributed by atoms with van der Waals surface area (Å²) in [5, 5.41) is 19.6.